The number of nitrogens with zero attached hydrogens (tertiary/aromatic N) is 1. The number of ether oxygens (including phenoxy) is 2. The van der Waals surface area contributed by atoms with Crippen LogP contribution in [0.2, 0.25) is 0 Å². The highest BCUT2D eigenvalue weighted by atomic mass is 16.5. The van der Waals surface area contributed by atoms with Gasteiger partial charge in [0.1, 0.15) is 18.0 Å². The van der Waals surface area contributed by atoms with Crippen LogP contribution < -0.4 is 14.8 Å². The number of aryl methyl sites for hydroxylation is 2. The number of carbonyl (C=O) groups excluding carboxylic acids is 1. The van der Waals surface area contributed by atoms with Gasteiger partial charge in [-0.1, -0.05) is 0 Å². The van der Waals surface area contributed by atoms with Gasteiger partial charge in [-0.25, -0.2) is 0 Å². The molecule has 0 aliphatic carbocycles. The summed E-state index contributed by atoms with van der Waals surface area (Å²) in [4.78, 5) is 12.2. The second-order valence-corrected chi connectivity index (χ2v) is 4.82. The quantitative estimate of drug-likeness (QED) is 0.920. The maximum absolute atomic E-state index is 12.2. The van der Waals surface area contributed by atoms with Gasteiger partial charge in [0.25, 0.3) is 0 Å². The second kappa shape index (κ2) is 6.35. The van der Waals surface area contributed by atoms with E-state index in [-0.39, 0.29) is 12.5 Å². The lowest BCUT2D eigenvalue weighted by Gasteiger charge is -2.13. The van der Waals surface area contributed by atoms with Gasteiger partial charge in [-0.05, 0) is 38.1 Å². The molecule has 1 N–H and O–H groups in total. The van der Waals surface area contributed by atoms with Crippen molar-refractivity contribution in [2.75, 3.05) is 19.5 Å². The minimum atomic E-state index is -0.0964. The first-order chi connectivity index (χ1) is 10.0. The van der Waals surface area contributed by atoms with E-state index in [2.05, 4.69) is 5.32 Å². The maximum Gasteiger partial charge on any atom is 0.244 e. The Hall–Kier alpha value is -2.43. The fraction of sp³-hybridized carbons (Fsp3) is 0.312. The number of benzene rings is 1. The minimum Gasteiger partial charge on any atom is -0.497 e. The molecule has 1 heterocycles. The smallest absolute Gasteiger partial charge is 0.244 e. The van der Waals surface area contributed by atoms with Crippen molar-refractivity contribution < 1.29 is 14.3 Å². The van der Waals surface area contributed by atoms with Crippen molar-refractivity contribution in [3.63, 3.8) is 0 Å². The Kier molecular flexibility index (Phi) is 4.52. The number of methoxy groups -OCH3 is 2. The molecule has 1 aromatic carbocycles. The first-order valence-electron chi connectivity index (χ1n) is 6.69. The first kappa shape index (κ1) is 15.0. The molecule has 2 rings (SSSR count). The summed E-state index contributed by atoms with van der Waals surface area (Å²) in [5.41, 5.74) is 2.75. The normalized spacial score (nSPS) is 10.3. The van der Waals surface area contributed by atoms with E-state index in [4.69, 9.17) is 9.47 Å². The lowest BCUT2D eigenvalue weighted by atomic mass is 10.2. The zero-order chi connectivity index (χ0) is 15.4. The molecular weight excluding hydrogens is 268 g/mol. The van der Waals surface area contributed by atoms with Crippen LogP contribution in [-0.4, -0.2) is 24.7 Å². The molecule has 1 aromatic heterocycles. The van der Waals surface area contributed by atoms with Crippen molar-refractivity contribution >= 4 is 11.6 Å². The largest absolute Gasteiger partial charge is 0.497 e. The zero-order valence-corrected chi connectivity index (χ0v) is 12.8. The maximum atomic E-state index is 12.2. The zero-order valence-electron chi connectivity index (χ0n) is 12.8. The summed E-state index contributed by atoms with van der Waals surface area (Å²) in [6.07, 6.45) is 0. The van der Waals surface area contributed by atoms with Gasteiger partial charge in [0.2, 0.25) is 5.91 Å². The van der Waals surface area contributed by atoms with Crippen molar-refractivity contribution in [1.82, 2.24) is 4.57 Å². The number of carbonyl (C=O) groups is 1. The third kappa shape index (κ3) is 3.37. The monoisotopic (exact) mass is 288 g/mol. The molecule has 0 fully saturated rings. The van der Waals surface area contributed by atoms with E-state index < -0.39 is 0 Å². The molecule has 0 aliphatic heterocycles. The molecular formula is C16H20N2O3. The highest BCUT2D eigenvalue weighted by Gasteiger charge is 2.11. The summed E-state index contributed by atoms with van der Waals surface area (Å²) in [6, 6.07) is 9.28. The molecule has 0 radical (unpaired) electrons. The standard InChI is InChI=1S/C16H20N2O3/c1-11-5-6-12(2)18(11)10-16(19)17-14-8-7-13(20-3)9-15(14)21-4/h5-9H,10H2,1-4H3,(H,17,19). The summed E-state index contributed by atoms with van der Waals surface area (Å²) >= 11 is 0. The number of amides is 1. The Bertz CT molecular complexity index is 627. The van der Waals surface area contributed by atoms with Crippen molar-refractivity contribution in [3.8, 4) is 11.5 Å². The molecule has 5 nitrogen and oxygen atoms in total. The molecule has 2 aromatic rings. The first-order valence-corrected chi connectivity index (χ1v) is 6.69. The lowest BCUT2D eigenvalue weighted by Crippen LogP contribution is -2.20. The van der Waals surface area contributed by atoms with Crippen molar-refractivity contribution in [1.29, 1.82) is 0 Å². The fourth-order valence-corrected chi connectivity index (χ4v) is 2.18. The lowest BCUT2D eigenvalue weighted by molar-refractivity contribution is -0.116. The van der Waals surface area contributed by atoms with Gasteiger partial charge in [-0.2, -0.15) is 0 Å². The topological polar surface area (TPSA) is 52.5 Å². The Morgan fingerprint density at radius 3 is 2.33 bits per heavy atom. The van der Waals surface area contributed by atoms with Gasteiger partial charge < -0.3 is 19.4 Å². The Morgan fingerprint density at radius 1 is 1.10 bits per heavy atom. The van der Waals surface area contributed by atoms with Gasteiger partial charge in [0.15, 0.2) is 0 Å². The van der Waals surface area contributed by atoms with Crippen LogP contribution in [0.1, 0.15) is 11.4 Å². The van der Waals surface area contributed by atoms with E-state index in [1.165, 1.54) is 0 Å². The molecule has 0 saturated heterocycles. The highest BCUT2D eigenvalue weighted by Crippen LogP contribution is 2.29. The molecule has 0 atom stereocenters. The minimum absolute atomic E-state index is 0.0964. The third-order valence-corrected chi connectivity index (χ3v) is 3.40. The molecule has 0 bridgehead atoms. The van der Waals surface area contributed by atoms with E-state index in [9.17, 15) is 4.79 Å². The molecule has 0 saturated carbocycles. The van der Waals surface area contributed by atoms with Crippen molar-refractivity contribution in [2.45, 2.75) is 20.4 Å². The van der Waals surface area contributed by atoms with Gasteiger partial charge in [0.05, 0.1) is 19.9 Å². The SMILES string of the molecule is COc1ccc(NC(=O)Cn2c(C)ccc2C)c(OC)c1. The molecule has 112 valence electrons. The van der Waals surface area contributed by atoms with E-state index in [1.54, 1.807) is 32.4 Å². The second-order valence-electron chi connectivity index (χ2n) is 4.82. The van der Waals surface area contributed by atoms with E-state index >= 15 is 0 Å². The number of nitrogens with one attached hydrogen (secondary N) is 1. The summed E-state index contributed by atoms with van der Waals surface area (Å²) < 4.78 is 12.4. The van der Waals surface area contributed by atoms with Gasteiger partial charge in [0, 0.05) is 17.5 Å². The van der Waals surface area contributed by atoms with Crippen LogP contribution in [0.5, 0.6) is 11.5 Å². The van der Waals surface area contributed by atoms with Crippen LogP contribution in [-0.2, 0) is 11.3 Å². The van der Waals surface area contributed by atoms with Crippen LogP contribution in [0.4, 0.5) is 5.69 Å². The number of anilines is 1. The summed E-state index contributed by atoms with van der Waals surface area (Å²) in [7, 11) is 3.15. The van der Waals surface area contributed by atoms with Crippen LogP contribution in [0.15, 0.2) is 30.3 Å². The Morgan fingerprint density at radius 2 is 1.76 bits per heavy atom. The average Bonchev–Trinajstić information content (AvgIpc) is 2.79. The van der Waals surface area contributed by atoms with Crippen LogP contribution >= 0.6 is 0 Å². The van der Waals surface area contributed by atoms with Crippen LogP contribution in [0.25, 0.3) is 0 Å². The molecule has 1 amide bonds. The van der Waals surface area contributed by atoms with Gasteiger partial charge >= 0.3 is 0 Å². The predicted molar refractivity (Wildman–Crippen MR) is 82.1 cm³/mol. The van der Waals surface area contributed by atoms with Crippen LogP contribution in [0, 0.1) is 13.8 Å². The molecule has 0 aliphatic rings. The Labute approximate surface area is 124 Å². The van der Waals surface area contributed by atoms with Crippen molar-refractivity contribution in [2.24, 2.45) is 0 Å². The highest BCUT2D eigenvalue weighted by molar-refractivity contribution is 5.92. The summed E-state index contributed by atoms with van der Waals surface area (Å²) in [6.45, 7) is 4.24. The van der Waals surface area contributed by atoms with E-state index in [0.717, 1.165) is 11.4 Å². The third-order valence-electron chi connectivity index (χ3n) is 3.40. The van der Waals surface area contributed by atoms with Crippen LogP contribution in [0.3, 0.4) is 0 Å². The number of rotatable bonds is 5. The van der Waals surface area contributed by atoms with E-state index in [0.29, 0.717) is 17.2 Å². The van der Waals surface area contributed by atoms with Gasteiger partial charge in [-0.3, -0.25) is 4.79 Å². The number of aromatic nitrogens is 1. The average molecular weight is 288 g/mol. The van der Waals surface area contributed by atoms with E-state index in [1.807, 2.05) is 30.5 Å². The summed E-state index contributed by atoms with van der Waals surface area (Å²) in [5.74, 6) is 1.16. The molecule has 0 spiro atoms. The fourth-order valence-electron chi connectivity index (χ4n) is 2.18. The molecule has 5 heteroatoms. The predicted octanol–water partition coefficient (Wildman–Crippen LogP) is 2.76. The van der Waals surface area contributed by atoms with Gasteiger partial charge in [-0.15, -0.1) is 0 Å². The Balaban J connectivity index is 2.13. The molecule has 21 heavy (non-hydrogen) atoms. The number of hydrogen-bond acceptors (Lipinski definition) is 3. The summed E-state index contributed by atoms with van der Waals surface area (Å²) in [5, 5.41) is 2.87. The molecule has 0 unspecified atom stereocenters. The number of hydrogen-bond donors (Lipinski definition) is 1. The van der Waals surface area contributed by atoms with Crippen molar-refractivity contribution in [3.05, 3.63) is 41.7 Å².